The van der Waals surface area contributed by atoms with Crippen LogP contribution in [0.2, 0.25) is 0 Å². The third-order valence-corrected chi connectivity index (χ3v) is 9.40. The molecule has 2 heterocycles. The Morgan fingerprint density at radius 2 is 1.91 bits per heavy atom. The van der Waals surface area contributed by atoms with Crippen molar-refractivity contribution in [2.75, 3.05) is 37.7 Å². The van der Waals surface area contributed by atoms with Crippen molar-refractivity contribution in [1.29, 1.82) is 0 Å². The fraction of sp³-hybridized carbons (Fsp3) is 0.600. The third kappa shape index (κ3) is 5.46. The Morgan fingerprint density at radius 3 is 2.50 bits per heavy atom. The Balaban J connectivity index is 1.69. The van der Waals surface area contributed by atoms with E-state index in [2.05, 4.69) is 0 Å². The van der Waals surface area contributed by atoms with Gasteiger partial charge in [-0.1, -0.05) is 6.42 Å². The van der Waals surface area contributed by atoms with Gasteiger partial charge in [-0.25, -0.2) is 26.0 Å². The molecule has 2 aliphatic rings. The van der Waals surface area contributed by atoms with Crippen LogP contribution < -0.4 is 0 Å². The van der Waals surface area contributed by atoms with Gasteiger partial charge in [0.05, 0.1) is 17.1 Å². The van der Waals surface area contributed by atoms with Crippen LogP contribution in [0.15, 0.2) is 23.1 Å². The molecule has 9 nitrogen and oxygen atoms in total. The Kier molecular flexibility index (Phi) is 7.56. The summed E-state index contributed by atoms with van der Waals surface area (Å²) >= 11 is 0. The highest BCUT2D eigenvalue weighted by Crippen LogP contribution is 2.24. The maximum atomic E-state index is 14.3. The highest BCUT2D eigenvalue weighted by molar-refractivity contribution is 7.91. The van der Waals surface area contributed by atoms with E-state index in [0.717, 1.165) is 24.6 Å². The molecule has 1 aromatic rings. The molecule has 0 radical (unpaired) electrons. The minimum atomic E-state index is -4.10. The number of carbonyl (C=O) groups excluding carboxylic acids is 2. The van der Waals surface area contributed by atoms with Crippen LogP contribution in [0.1, 0.15) is 43.0 Å². The molecule has 32 heavy (non-hydrogen) atoms. The second-order valence-electron chi connectivity index (χ2n) is 7.92. The average molecular weight is 491 g/mol. The van der Waals surface area contributed by atoms with E-state index in [1.165, 1.54) is 9.21 Å². The lowest BCUT2D eigenvalue weighted by molar-refractivity contribution is -0.136. The third-order valence-electron chi connectivity index (χ3n) is 5.74. The topological polar surface area (TPSA) is 118 Å². The smallest absolute Gasteiger partial charge is 0.338 e. The first kappa shape index (κ1) is 24.6. The van der Waals surface area contributed by atoms with Gasteiger partial charge < -0.3 is 9.64 Å². The quantitative estimate of drug-likeness (QED) is 0.527. The molecule has 2 fully saturated rings. The molecule has 0 aliphatic carbocycles. The summed E-state index contributed by atoms with van der Waals surface area (Å²) in [5.74, 6) is -2.61. The van der Waals surface area contributed by atoms with Crippen LogP contribution >= 0.6 is 0 Å². The van der Waals surface area contributed by atoms with Gasteiger partial charge in [-0.3, -0.25) is 4.79 Å². The fourth-order valence-corrected chi connectivity index (χ4v) is 7.36. The van der Waals surface area contributed by atoms with Crippen molar-refractivity contribution in [2.45, 2.75) is 43.5 Å². The average Bonchev–Trinajstić information content (AvgIpc) is 3.12. The number of sulfonamides is 1. The zero-order valence-electron chi connectivity index (χ0n) is 17.8. The van der Waals surface area contributed by atoms with Gasteiger partial charge in [-0.05, 0) is 44.4 Å². The number of esters is 1. The fourth-order valence-electron chi connectivity index (χ4n) is 4.03. The standard InChI is InChI=1S/C20H27FN2O7S2/c1-2-23(16-8-11-31(26,27)14-16)19(24)13-30-20(25)15-6-7-17(21)18(12-15)32(28,29)22-9-4-3-5-10-22/h6-7,12,16H,2-5,8-11,13-14H2,1H3. The molecule has 2 saturated heterocycles. The zero-order chi connectivity index (χ0) is 23.5. The van der Waals surface area contributed by atoms with Crippen LogP contribution in [0.5, 0.6) is 0 Å². The summed E-state index contributed by atoms with van der Waals surface area (Å²) in [5, 5.41) is 0. The number of likely N-dealkylation sites (N-methyl/N-ethyl adjacent to an activating group) is 1. The molecule has 1 atom stereocenters. The van der Waals surface area contributed by atoms with Crippen LogP contribution in [-0.2, 0) is 29.4 Å². The van der Waals surface area contributed by atoms with Crippen LogP contribution in [0.25, 0.3) is 0 Å². The van der Waals surface area contributed by atoms with Crippen molar-refractivity contribution >= 4 is 31.7 Å². The van der Waals surface area contributed by atoms with Crippen LogP contribution in [0.4, 0.5) is 4.39 Å². The Labute approximate surface area is 187 Å². The van der Waals surface area contributed by atoms with Crippen LogP contribution in [0.3, 0.4) is 0 Å². The van der Waals surface area contributed by atoms with E-state index in [4.69, 9.17) is 4.74 Å². The molecule has 178 valence electrons. The van der Waals surface area contributed by atoms with Crippen molar-refractivity contribution in [3.05, 3.63) is 29.6 Å². The van der Waals surface area contributed by atoms with Gasteiger partial charge >= 0.3 is 5.97 Å². The second kappa shape index (κ2) is 9.84. The molecule has 1 unspecified atom stereocenters. The van der Waals surface area contributed by atoms with E-state index in [9.17, 15) is 30.8 Å². The number of amides is 1. The Bertz CT molecular complexity index is 1080. The minimum absolute atomic E-state index is 0.00504. The summed E-state index contributed by atoms with van der Waals surface area (Å²) in [6.45, 7) is 1.89. The summed E-state index contributed by atoms with van der Waals surface area (Å²) in [4.78, 5) is 25.7. The highest BCUT2D eigenvalue weighted by atomic mass is 32.2. The monoisotopic (exact) mass is 490 g/mol. The maximum Gasteiger partial charge on any atom is 0.338 e. The van der Waals surface area contributed by atoms with Gasteiger partial charge in [0.1, 0.15) is 10.7 Å². The lowest BCUT2D eigenvalue weighted by Gasteiger charge is -2.26. The van der Waals surface area contributed by atoms with Gasteiger partial charge in [0.2, 0.25) is 10.0 Å². The molecule has 2 aliphatic heterocycles. The van der Waals surface area contributed by atoms with Crippen LogP contribution in [0, 0.1) is 5.82 Å². The molecule has 3 rings (SSSR count). The lowest BCUT2D eigenvalue weighted by Crippen LogP contribution is -2.43. The lowest BCUT2D eigenvalue weighted by atomic mass is 10.2. The SMILES string of the molecule is CCN(C(=O)COC(=O)c1ccc(F)c(S(=O)(=O)N2CCCCC2)c1)C1CCS(=O)(=O)C1. The number of benzene rings is 1. The molecule has 12 heteroatoms. The van der Waals surface area contributed by atoms with Crippen molar-refractivity contribution in [3.63, 3.8) is 0 Å². The summed E-state index contributed by atoms with van der Waals surface area (Å²) in [7, 11) is -7.29. The summed E-state index contributed by atoms with van der Waals surface area (Å²) in [6, 6.07) is 2.44. The van der Waals surface area contributed by atoms with Crippen molar-refractivity contribution in [2.24, 2.45) is 0 Å². The summed E-state index contributed by atoms with van der Waals surface area (Å²) in [6.07, 6.45) is 2.59. The van der Waals surface area contributed by atoms with Gasteiger partial charge in [0, 0.05) is 25.7 Å². The Hall–Kier alpha value is -2.05. The zero-order valence-corrected chi connectivity index (χ0v) is 19.5. The number of hydrogen-bond donors (Lipinski definition) is 0. The molecule has 0 N–H and O–H groups in total. The number of hydrogen-bond acceptors (Lipinski definition) is 7. The molecule has 0 saturated carbocycles. The van der Waals surface area contributed by atoms with Gasteiger partial charge in [-0.2, -0.15) is 4.31 Å². The Morgan fingerprint density at radius 1 is 1.22 bits per heavy atom. The molecular formula is C20H27FN2O7S2. The van der Waals surface area contributed by atoms with Gasteiger partial charge in [-0.15, -0.1) is 0 Å². The molecule has 0 spiro atoms. The molecule has 1 amide bonds. The summed E-state index contributed by atoms with van der Waals surface area (Å²) < 4.78 is 69.5. The molecule has 1 aromatic carbocycles. The number of rotatable bonds is 7. The number of sulfone groups is 1. The molecule has 0 aromatic heterocycles. The van der Waals surface area contributed by atoms with E-state index in [0.29, 0.717) is 19.3 Å². The first-order chi connectivity index (χ1) is 15.0. The molecular weight excluding hydrogens is 463 g/mol. The maximum absolute atomic E-state index is 14.3. The number of nitrogens with zero attached hydrogens (tertiary/aromatic N) is 2. The van der Waals surface area contributed by atoms with E-state index in [-0.39, 0.29) is 36.7 Å². The number of piperidine rings is 1. The second-order valence-corrected chi connectivity index (χ2v) is 12.1. The van der Waals surface area contributed by atoms with Gasteiger partial charge in [0.25, 0.3) is 5.91 Å². The van der Waals surface area contributed by atoms with E-state index < -0.39 is 55.1 Å². The van der Waals surface area contributed by atoms with E-state index in [1.807, 2.05) is 0 Å². The predicted octanol–water partition coefficient (Wildman–Crippen LogP) is 1.19. The summed E-state index contributed by atoms with van der Waals surface area (Å²) in [5.41, 5.74) is -0.193. The normalized spacial score (nSPS) is 21.2. The van der Waals surface area contributed by atoms with Crippen LogP contribution in [-0.4, -0.2) is 81.7 Å². The predicted molar refractivity (Wildman–Crippen MR) is 114 cm³/mol. The van der Waals surface area contributed by atoms with E-state index >= 15 is 0 Å². The minimum Gasteiger partial charge on any atom is -0.452 e. The number of halogens is 1. The van der Waals surface area contributed by atoms with Gasteiger partial charge in [0.15, 0.2) is 16.4 Å². The van der Waals surface area contributed by atoms with Crippen molar-refractivity contribution in [3.8, 4) is 0 Å². The van der Waals surface area contributed by atoms with Crippen molar-refractivity contribution < 1.29 is 35.6 Å². The number of ether oxygens (including phenoxy) is 1. The van der Waals surface area contributed by atoms with E-state index in [1.54, 1.807) is 6.92 Å². The largest absolute Gasteiger partial charge is 0.452 e. The molecule has 0 bridgehead atoms. The highest BCUT2D eigenvalue weighted by Gasteiger charge is 2.34. The first-order valence-electron chi connectivity index (χ1n) is 10.5. The number of carbonyl (C=O) groups is 2. The first-order valence-corrected chi connectivity index (χ1v) is 13.8. The van der Waals surface area contributed by atoms with Crippen molar-refractivity contribution in [1.82, 2.24) is 9.21 Å².